The fraction of sp³-hybridized carbons (Fsp3) is 0.600. The molecule has 1 saturated heterocycles. The number of sulfonamides is 1. The largest absolute Gasteiger partial charge is 0.493 e. The van der Waals surface area contributed by atoms with Gasteiger partial charge in [0.1, 0.15) is 5.75 Å². The van der Waals surface area contributed by atoms with E-state index >= 15 is 0 Å². The highest BCUT2D eigenvalue weighted by Gasteiger charge is 2.30. The van der Waals surface area contributed by atoms with Crippen LogP contribution in [0.4, 0.5) is 0 Å². The number of nitrogens with one attached hydrogen (secondary N) is 1. The predicted molar refractivity (Wildman–Crippen MR) is 88.3 cm³/mol. The van der Waals surface area contributed by atoms with Crippen molar-refractivity contribution in [3.8, 4) is 5.75 Å². The van der Waals surface area contributed by atoms with E-state index in [1.165, 1.54) is 0 Å². The molecule has 1 aromatic carbocycles. The van der Waals surface area contributed by atoms with Gasteiger partial charge in [0.15, 0.2) is 0 Å². The monoisotopic (exact) mass is 346 g/mol. The van der Waals surface area contributed by atoms with Gasteiger partial charge >= 0.3 is 0 Å². The van der Waals surface area contributed by atoms with E-state index in [9.17, 15) is 8.42 Å². The SMILES string of the molecule is CNC1CCCN(S(=O)(=O)c2ccc3c(c2)CCCO3)C1.Cl. The van der Waals surface area contributed by atoms with Gasteiger partial charge in [-0.05, 0) is 56.5 Å². The van der Waals surface area contributed by atoms with Gasteiger partial charge in [0.05, 0.1) is 11.5 Å². The highest BCUT2D eigenvalue weighted by Crippen LogP contribution is 2.29. The van der Waals surface area contributed by atoms with Crippen LogP contribution in [-0.2, 0) is 16.4 Å². The number of hydrogen-bond donors (Lipinski definition) is 1. The second-order valence-electron chi connectivity index (χ2n) is 5.71. The Kier molecular flexibility index (Phi) is 5.71. The van der Waals surface area contributed by atoms with Gasteiger partial charge < -0.3 is 10.1 Å². The third-order valence-electron chi connectivity index (χ3n) is 4.31. The minimum Gasteiger partial charge on any atom is -0.493 e. The summed E-state index contributed by atoms with van der Waals surface area (Å²) in [6, 6.07) is 5.49. The Balaban J connectivity index is 0.00000176. The molecule has 0 aliphatic carbocycles. The topological polar surface area (TPSA) is 58.6 Å². The standard InChI is InChI=1S/C15H22N2O3S.ClH/c1-16-13-5-2-8-17(11-13)21(18,19)14-6-7-15-12(10-14)4-3-9-20-15;/h6-7,10,13,16H,2-5,8-9,11H2,1H3;1H. The van der Waals surface area contributed by atoms with Crippen LogP contribution < -0.4 is 10.1 Å². The zero-order valence-electron chi connectivity index (χ0n) is 12.7. The van der Waals surface area contributed by atoms with E-state index < -0.39 is 10.0 Å². The maximum Gasteiger partial charge on any atom is 0.243 e. The summed E-state index contributed by atoms with van der Waals surface area (Å²) < 4.78 is 32.7. The summed E-state index contributed by atoms with van der Waals surface area (Å²) in [7, 11) is -1.51. The fourth-order valence-corrected chi connectivity index (χ4v) is 4.62. The molecule has 2 aliphatic rings. The molecule has 2 aliphatic heterocycles. The lowest BCUT2D eigenvalue weighted by atomic mass is 10.1. The lowest BCUT2D eigenvalue weighted by molar-refractivity contribution is 0.287. The summed E-state index contributed by atoms with van der Waals surface area (Å²) in [6.45, 7) is 1.87. The first kappa shape index (κ1) is 17.5. The molecule has 0 radical (unpaired) electrons. The number of ether oxygens (including phenoxy) is 1. The van der Waals surface area contributed by atoms with Crippen LogP contribution in [-0.4, -0.2) is 45.5 Å². The zero-order chi connectivity index (χ0) is 14.9. The van der Waals surface area contributed by atoms with Gasteiger partial charge in [0.2, 0.25) is 10.0 Å². The van der Waals surface area contributed by atoms with Gasteiger partial charge in [0, 0.05) is 19.1 Å². The van der Waals surface area contributed by atoms with Crippen molar-refractivity contribution < 1.29 is 13.2 Å². The van der Waals surface area contributed by atoms with Crippen molar-refractivity contribution in [2.45, 2.75) is 36.6 Å². The number of piperidine rings is 1. The lowest BCUT2D eigenvalue weighted by Crippen LogP contribution is -2.46. The van der Waals surface area contributed by atoms with Gasteiger partial charge in [0.25, 0.3) is 0 Å². The molecular formula is C15H23ClN2O3S. The number of fused-ring (bicyclic) bond motifs is 1. The van der Waals surface area contributed by atoms with Crippen molar-refractivity contribution in [1.29, 1.82) is 0 Å². The van der Waals surface area contributed by atoms with Crippen molar-refractivity contribution in [3.05, 3.63) is 23.8 Å². The number of rotatable bonds is 3. The van der Waals surface area contributed by atoms with Gasteiger partial charge in [-0.2, -0.15) is 4.31 Å². The average molecular weight is 347 g/mol. The van der Waals surface area contributed by atoms with E-state index in [-0.39, 0.29) is 18.4 Å². The van der Waals surface area contributed by atoms with Crippen LogP contribution in [0.5, 0.6) is 5.75 Å². The highest BCUT2D eigenvalue weighted by atomic mass is 35.5. The Bertz CT molecular complexity index is 621. The Morgan fingerprint density at radius 1 is 1.32 bits per heavy atom. The molecule has 1 atom stereocenters. The van der Waals surface area contributed by atoms with Crippen LogP contribution in [0.15, 0.2) is 23.1 Å². The van der Waals surface area contributed by atoms with Crippen LogP contribution in [0.2, 0.25) is 0 Å². The molecule has 124 valence electrons. The molecule has 0 bridgehead atoms. The van der Waals surface area contributed by atoms with E-state index in [2.05, 4.69) is 5.32 Å². The molecular weight excluding hydrogens is 324 g/mol. The molecule has 1 N–H and O–H groups in total. The van der Waals surface area contributed by atoms with Crippen molar-refractivity contribution in [3.63, 3.8) is 0 Å². The molecule has 0 aromatic heterocycles. The Hall–Kier alpha value is -0.820. The Morgan fingerprint density at radius 2 is 2.14 bits per heavy atom. The minimum absolute atomic E-state index is 0. The van der Waals surface area contributed by atoms with Crippen LogP contribution in [0, 0.1) is 0 Å². The van der Waals surface area contributed by atoms with Crippen molar-refractivity contribution in [2.24, 2.45) is 0 Å². The molecule has 0 saturated carbocycles. The third kappa shape index (κ3) is 3.40. The number of aryl methyl sites for hydroxylation is 1. The fourth-order valence-electron chi connectivity index (χ4n) is 3.04. The first-order valence-corrected chi connectivity index (χ1v) is 8.98. The average Bonchev–Trinajstić information content (AvgIpc) is 2.54. The summed E-state index contributed by atoms with van der Waals surface area (Å²) in [5, 5.41) is 3.18. The Morgan fingerprint density at radius 3 is 2.91 bits per heavy atom. The van der Waals surface area contributed by atoms with Crippen molar-refractivity contribution >= 4 is 22.4 Å². The number of nitrogens with zero attached hydrogens (tertiary/aromatic N) is 1. The number of hydrogen-bond acceptors (Lipinski definition) is 4. The molecule has 2 heterocycles. The molecule has 3 rings (SSSR count). The van der Waals surface area contributed by atoms with Gasteiger partial charge in [-0.25, -0.2) is 8.42 Å². The predicted octanol–water partition coefficient (Wildman–Crippen LogP) is 1.81. The second kappa shape index (κ2) is 7.17. The first-order valence-electron chi connectivity index (χ1n) is 7.54. The van der Waals surface area contributed by atoms with E-state index in [1.54, 1.807) is 22.5 Å². The summed E-state index contributed by atoms with van der Waals surface area (Å²) >= 11 is 0. The lowest BCUT2D eigenvalue weighted by Gasteiger charge is -2.32. The van der Waals surface area contributed by atoms with Crippen LogP contribution in [0.3, 0.4) is 0 Å². The third-order valence-corrected chi connectivity index (χ3v) is 6.17. The van der Waals surface area contributed by atoms with E-state index in [4.69, 9.17) is 4.74 Å². The zero-order valence-corrected chi connectivity index (χ0v) is 14.4. The summed E-state index contributed by atoms with van der Waals surface area (Å²) in [5.74, 6) is 0.826. The minimum atomic E-state index is -3.40. The number of halogens is 1. The van der Waals surface area contributed by atoms with E-state index in [0.717, 1.165) is 43.6 Å². The molecule has 0 spiro atoms. The number of likely N-dealkylation sites (N-methyl/N-ethyl adjacent to an activating group) is 1. The highest BCUT2D eigenvalue weighted by molar-refractivity contribution is 7.89. The van der Waals surface area contributed by atoms with Crippen molar-refractivity contribution in [2.75, 3.05) is 26.7 Å². The molecule has 1 fully saturated rings. The number of benzene rings is 1. The van der Waals surface area contributed by atoms with Crippen molar-refractivity contribution in [1.82, 2.24) is 9.62 Å². The quantitative estimate of drug-likeness (QED) is 0.906. The van der Waals surface area contributed by atoms with E-state index in [0.29, 0.717) is 18.0 Å². The normalized spacial score (nSPS) is 22.3. The molecule has 1 unspecified atom stereocenters. The molecule has 1 aromatic rings. The Labute approximate surface area is 138 Å². The van der Waals surface area contributed by atoms with Gasteiger partial charge in [-0.1, -0.05) is 0 Å². The smallest absolute Gasteiger partial charge is 0.243 e. The second-order valence-corrected chi connectivity index (χ2v) is 7.65. The van der Waals surface area contributed by atoms with Crippen LogP contribution >= 0.6 is 12.4 Å². The molecule has 5 nitrogen and oxygen atoms in total. The summed E-state index contributed by atoms with van der Waals surface area (Å²) in [5.41, 5.74) is 1.00. The maximum absolute atomic E-state index is 12.8. The van der Waals surface area contributed by atoms with Gasteiger partial charge in [-0.15, -0.1) is 12.4 Å². The van der Waals surface area contributed by atoms with Crippen LogP contribution in [0.1, 0.15) is 24.8 Å². The van der Waals surface area contributed by atoms with Crippen LogP contribution in [0.25, 0.3) is 0 Å². The summed E-state index contributed by atoms with van der Waals surface area (Å²) in [6.07, 6.45) is 3.76. The van der Waals surface area contributed by atoms with Gasteiger partial charge in [-0.3, -0.25) is 0 Å². The molecule has 0 amide bonds. The summed E-state index contributed by atoms with van der Waals surface area (Å²) in [4.78, 5) is 0.392. The molecule has 22 heavy (non-hydrogen) atoms. The first-order chi connectivity index (χ1) is 10.1. The van der Waals surface area contributed by atoms with E-state index in [1.807, 2.05) is 7.05 Å². The maximum atomic E-state index is 12.8. The molecule has 7 heteroatoms.